The number of aryl methyl sites for hydroxylation is 1. The zero-order valence-electron chi connectivity index (χ0n) is 21.4. The smallest absolute Gasteiger partial charge is 0.414 e. The molecule has 6 unspecified atom stereocenters. The van der Waals surface area contributed by atoms with E-state index in [0.717, 1.165) is 5.56 Å². The van der Waals surface area contributed by atoms with Crippen molar-refractivity contribution < 1.29 is 29.6 Å². The molecule has 35 heavy (non-hydrogen) atoms. The Morgan fingerprint density at radius 2 is 1.94 bits per heavy atom. The number of anilines is 1. The van der Waals surface area contributed by atoms with Crippen molar-refractivity contribution in [3.8, 4) is 0 Å². The SMILES string of the molecule is CC1=CC23CCC(C)C(C)(C)C(C=C(CO)C(O)C2(O)C1OC(=O)N(C)c1cccc(C)c1)C3=O. The van der Waals surface area contributed by atoms with Gasteiger partial charge in [-0.25, -0.2) is 4.79 Å². The molecule has 7 nitrogen and oxygen atoms in total. The summed E-state index contributed by atoms with van der Waals surface area (Å²) in [6.45, 7) is 9.23. The molecule has 6 atom stereocenters. The summed E-state index contributed by atoms with van der Waals surface area (Å²) in [4.78, 5) is 28.8. The summed E-state index contributed by atoms with van der Waals surface area (Å²) in [5.41, 5.74) is -1.75. The maximum atomic E-state index is 14.2. The van der Waals surface area contributed by atoms with Crippen LogP contribution in [0.4, 0.5) is 10.5 Å². The lowest BCUT2D eigenvalue weighted by molar-refractivity contribution is -0.180. The first-order chi connectivity index (χ1) is 16.3. The van der Waals surface area contributed by atoms with Gasteiger partial charge in [0, 0.05) is 18.7 Å². The first-order valence-corrected chi connectivity index (χ1v) is 12.3. The van der Waals surface area contributed by atoms with Crippen LogP contribution in [-0.2, 0) is 9.53 Å². The lowest BCUT2D eigenvalue weighted by Crippen LogP contribution is -2.64. The lowest BCUT2D eigenvalue weighted by Gasteiger charge is -2.46. The van der Waals surface area contributed by atoms with Crippen molar-refractivity contribution in [3.05, 3.63) is 53.1 Å². The van der Waals surface area contributed by atoms with Gasteiger partial charge in [0.1, 0.15) is 6.10 Å². The molecule has 7 heteroatoms. The highest BCUT2D eigenvalue weighted by Crippen LogP contribution is 2.60. The number of nitrogens with zero attached hydrogens (tertiary/aromatic N) is 1. The lowest BCUT2D eigenvalue weighted by atomic mass is 9.63. The fourth-order valence-corrected chi connectivity index (χ4v) is 6.27. The van der Waals surface area contributed by atoms with Crippen LogP contribution in [0.15, 0.2) is 47.6 Å². The van der Waals surface area contributed by atoms with E-state index in [0.29, 0.717) is 24.1 Å². The molecule has 3 aliphatic rings. The van der Waals surface area contributed by atoms with Gasteiger partial charge in [-0.1, -0.05) is 45.1 Å². The van der Waals surface area contributed by atoms with Crippen molar-refractivity contribution in [1.29, 1.82) is 0 Å². The minimum atomic E-state index is -2.14. The topological polar surface area (TPSA) is 107 Å². The summed E-state index contributed by atoms with van der Waals surface area (Å²) in [5.74, 6) is -0.671. The van der Waals surface area contributed by atoms with E-state index in [1.807, 2.05) is 39.0 Å². The average molecular weight is 484 g/mol. The van der Waals surface area contributed by atoms with E-state index >= 15 is 0 Å². The zero-order valence-corrected chi connectivity index (χ0v) is 21.4. The van der Waals surface area contributed by atoms with Crippen molar-refractivity contribution in [2.24, 2.45) is 22.7 Å². The van der Waals surface area contributed by atoms with Gasteiger partial charge in [-0.3, -0.25) is 9.69 Å². The van der Waals surface area contributed by atoms with Gasteiger partial charge in [0.05, 0.1) is 12.0 Å². The van der Waals surface area contributed by atoms with E-state index in [1.54, 1.807) is 32.2 Å². The molecule has 4 rings (SSSR count). The van der Waals surface area contributed by atoms with E-state index in [2.05, 4.69) is 6.92 Å². The maximum Gasteiger partial charge on any atom is 0.414 e. The molecule has 1 amide bonds. The van der Waals surface area contributed by atoms with Crippen LogP contribution in [0, 0.1) is 29.6 Å². The Labute approximate surface area is 207 Å². The number of hydrogen-bond acceptors (Lipinski definition) is 6. The number of fused-ring (bicyclic) bond motifs is 1. The normalized spacial score (nSPS) is 35.9. The third-order valence-corrected chi connectivity index (χ3v) is 8.98. The van der Waals surface area contributed by atoms with Crippen LogP contribution in [0.5, 0.6) is 0 Å². The number of ether oxygens (including phenoxy) is 1. The van der Waals surface area contributed by atoms with Crippen LogP contribution in [0.25, 0.3) is 0 Å². The van der Waals surface area contributed by atoms with Gasteiger partial charge < -0.3 is 20.1 Å². The van der Waals surface area contributed by atoms with E-state index in [9.17, 15) is 24.9 Å². The van der Waals surface area contributed by atoms with Gasteiger partial charge in [0.25, 0.3) is 0 Å². The number of rotatable bonds is 3. The van der Waals surface area contributed by atoms with Gasteiger partial charge in [-0.2, -0.15) is 0 Å². The average Bonchev–Trinajstić information content (AvgIpc) is 2.96. The van der Waals surface area contributed by atoms with Gasteiger partial charge in [-0.05, 0) is 66.9 Å². The molecular formula is C28H37NO6. The van der Waals surface area contributed by atoms with Crippen molar-refractivity contribution in [2.45, 2.75) is 65.3 Å². The van der Waals surface area contributed by atoms with E-state index in [-0.39, 0.29) is 17.3 Å². The van der Waals surface area contributed by atoms with E-state index < -0.39 is 47.3 Å². The monoisotopic (exact) mass is 483 g/mol. The number of amides is 1. The molecule has 1 saturated carbocycles. The highest BCUT2D eigenvalue weighted by atomic mass is 16.6. The van der Waals surface area contributed by atoms with Gasteiger partial charge >= 0.3 is 6.09 Å². The summed E-state index contributed by atoms with van der Waals surface area (Å²) in [6.07, 6.45) is 0.752. The fraction of sp³-hybridized carbons (Fsp3) is 0.571. The second-order valence-corrected chi connectivity index (χ2v) is 11.3. The van der Waals surface area contributed by atoms with Crippen LogP contribution in [0.2, 0.25) is 0 Å². The summed E-state index contributed by atoms with van der Waals surface area (Å²) < 4.78 is 5.87. The van der Waals surface area contributed by atoms with Crippen molar-refractivity contribution >= 4 is 17.6 Å². The second kappa shape index (κ2) is 8.57. The molecule has 0 heterocycles. The van der Waals surface area contributed by atoms with E-state index in [1.165, 1.54) is 4.90 Å². The number of carbonyl (C=O) groups is 2. The largest absolute Gasteiger partial charge is 0.438 e. The van der Waals surface area contributed by atoms with Crippen LogP contribution < -0.4 is 4.90 Å². The Hall–Kier alpha value is -2.48. The third kappa shape index (κ3) is 3.59. The fourth-order valence-electron chi connectivity index (χ4n) is 6.27. The summed E-state index contributed by atoms with van der Waals surface area (Å²) in [5, 5.41) is 34.0. The molecule has 3 aliphatic carbocycles. The zero-order chi connectivity index (χ0) is 25.9. The molecule has 3 N–H and O–H groups in total. The van der Waals surface area contributed by atoms with Crippen molar-refractivity contribution in [1.82, 2.24) is 0 Å². The third-order valence-electron chi connectivity index (χ3n) is 8.98. The highest BCUT2D eigenvalue weighted by Gasteiger charge is 2.71. The number of ketones is 1. The Morgan fingerprint density at radius 3 is 2.57 bits per heavy atom. The van der Waals surface area contributed by atoms with E-state index in [4.69, 9.17) is 4.74 Å². The molecule has 2 bridgehead atoms. The summed E-state index contributed by atoms with van der Waals surface area (Å²) >= 11 is 0. The molecule has 0 aliphatic heterocycles. The number of hydrogen-bond donors (Lipinski definition) is 3. The van der Waals surface area contributed by atoms with Crippen LogP contribution in [0.3, 0.4) is 0 Å². The maximum absolute atomic E-state index is 14.2. The molecule has 190 valence electrons. The Bertz CT molecular complexity index is 1110. The van der Waals surface area contributed by atoms with Gasteiger partial charge in [0.2, 0.25) is 0 Å². The highest BCUT2D eigenvalue weighted by molar-refractivity contribution is 5.95. The Morgan fingerprint density at radius 1 is 1.26 bits per heavy atom. The molecule has 1 fully saturated rings. The second-order valence-electron chi connectivity index (χ2n) is 11.3. The minimum Gasteiger partial charge on any atom is -0.438 e. The number of Topliss-reactive ketones (excluding diaryl/α,β-unsaturated/α-hetero) is 1. The summed E-state index contributed by atoms with van der Waals surface area (Å²) in [6, 6.07) is 7.36. The Kier molecular flexibility index (Phi) is 6.27. The van der Waals surface area contributed by atoms with Crippen molar-refractivity contribution in [2.75, 3.05) is 18.6 Å². The molecule has 1 spiro atoms. The number of allylic oxidation sites excluding steroid dienone is 1. The quantitative estimate of drug-likeness (QED) is 0.568. The predicted molar refractivity (Wildman–Crippen MR) is 133 cm³/mol. The molecule has 0 saturated heterocycles. The van der Waals surface area contributed by atoms with Crippen molar-refractivity contribution in [3.63, 3.8) is 0 Å². The van der Waals surface area contributed by atoms with Gasteiger partial charge in [-0.15, -0.1) is 0 Å². The predicted octanol–water partition coefficient (Wildman–Crippen LogP) is 3.55. The molecule has 1 aromatic rings. The van der Waals surface area contributed by atoms with Crippen LogP contribution in [-0.4, -0.2) is 58.7 Å². The van der Waals surface area contributed by atoms with Crippen LogP contribution >= 0.6 is 0 Å². The van der Waals surface area contributed by atoms with Gasteiger partial charge in [0.15, 0.2) is 17.5 Å². The first kappa shape index (κ1) is 25.6. The number of carbonyl (C=O) groups excluding carboxylic acids is 2. The molecular weight excluding hydrogens is 446 g/mol. The molecule has 0 radical (unpaired) electrons. The number of benzene rings is 1. The number of aliphatic hydroxyl groups excluding tert-OH is 2. The standard InChI is InChI=1S/C28H37NO6/c1-16-8-7-9-20(12-16)29(6)25(33)35-24-17(2)14-27-11-10-18(3)26(4,5)21(23(27)32)13-19(15-30)22(31)28(24,27)34/h7-9,12-14,18,21-22,24,30-31,34H,10-11,15H2,1-6H3. The summed E-state index contributed by atoms with van der Waals surface area (Å²) in [7, 11) is 1.57. The number of aliphatic hydroxyl groups is 3. The first-order valence-electron chi connectivity index (χ1n) is 12.3. The Balaban J connectivity index is 1.80. The minimum absolute atomic E-state index is 0.147. The van der Waals surface area contributed by atoms with Crippen LogP contribution in [0.1, 0.15) is 46.1 Å². The molecule has 1 aromatic carbocycles. The molecule has 0 aromatic heterocycles.